The second-order valence-electron chi connectivity index (χ2n) is 4.04. The lowest BCUT2D eigenvalue weighted by Gasteiger charge is -2.15. The lowest BCUT2D eigenvalue weighted by Crippen LogP contribution is -2.12. The first-order chi connectivity index (χ1) is 9.02. The molecule has 2 nitrogen and oxygen atoms in total. The molecule has 0 saturated heterocycles. The van der Waals surface area contributed by atoms with E-state index in [9.17, 15) is 0 Å². The van der Waals surface area contributed by atoms with Crippen molar-refractivity contribution < 1.29 is 4.74 Å². The van der Waals surface area contributed by atoms with Gasteiger partial charge in [0.15, 0.2) is 0 Å². The molecule has 1 atom stereocenters. The van der Waals surface area contributed by atoms with Crippen LogP contribution in [0.1, 0.15) is 17.2 Å². The molecular formula is C14H12BrCl2NO. The highest BCUT2D eigenvalue weighted by atomic mass is 79.9. The van der Waals surface area contributed by atoms with E-state index in [1.54, 1.807) is 19.2 Å². The maximum atomic E-state index is 6.24. The molecule has 0 fully saturated rings. The average molecular weight is 361 g/mol. The fraction of sp³-hybridized carbons (Fsp3) is 0.143. The van der Waals surface area contributed by atoms with Gasteiger partial charge in [-0.3, -0.25) is 0 Å². The second kappa shape index (κ2) is 6.14. The van der Waals surface area contributed by atoms with Gasteiger partial charge >= 0.3 is 0 Å². The summed E-state index contributed by atoms with van der Waals surface area (Å²) in [6.07, 6.45) is 0. The fourth-order valence-electron chi connectivity index (χ4n) is 1.77. The number of rotatable bonds is 3. The molecule has 0 amide bonds. The highest BCUT2D eigenvalue weighted by Gasteiger charge is 2.14. The molecule has 2 aromatic carbocycles. The Morgan fingerprint density at radius 2 is 1.84 bits per heavy atom. The van der Waals surface area contributed by atoms with Gasteiger partial charge in [0.2, 0.25) is 0 Å². The fourth-order valence-corrected chi connectivity index (χ4v) is 2.57. The van der Waals surface area contributed by atoms with Crippen LogP contribution in [0.5, 0.6) is 5.75 Å². The molecular weight excluding hydrogens is 349 g/mol. The van der Waals surface area contributed by atoms with Gasteiger partial charge in [-0.25, -0.2) is 0 Å². The zero-order valence-electron chi connectivity index (χ0n) is 10.2. The lowest BCUT2D eigenvalue weighted by molar-refractivity contribution is 0.414. The minimum atomic E-state index is -0.313. The van der Waals surface area contributed by atoms with Crippen LogP contribution in [0.2, 0.25) is 10.0 Å². The normalized spacial score (nSPS) is 12.3. The largest absolute Gasteiger partial charge is 0.497 e. The first kappa shape index (κ1) is 14.7. The van der Waals surface area contributed by atoms with Crippen LogP contribution in [0.15, 0.2) is 40.9 Å². The molecule has 100 valence electrons. The van der Waals surface area contributed by atoms with Crippen LogP contribution in [0.3, 0.4) is 0 Å². The van der Waals surface area contributed by atoms with Crippen molar-refractivity contribution in [2.24, 2.45) is 5.73 Å². The molecule has 0 aliphatic rings. The Balaban J connectivity index is 2.38. The third kappa shape index (κ3) is 3.23. The average Bonchev–Trinajstić information content (AvgIpc) is 2.41. The number of nitrogens with two attached hydrogens (primary N) is 1. The van der Waals surface area contributed by atoms with Crippen molar-refractivity contribution in [2.45, 2.75) is 6.04 Å². The molecule has 19 heavy (non-hydrogen) atoms. The quantitative estimate of drug-likeness (QED) is 0.852. The van der Waals surface area contributed by atoms with Gasteiger partial charge in [-0.05, 0) is 51.3 Å². The predicted molar refractivity (Wildman–Crippen MR) is 83.2 cm³/mol. The second-order valence-corrected chi connectivity index (χ2v) is 5.71. The van der Waals surface area contributed by atoms with Crippen molar-refractivity contribution in [3.05, 3.63) is 62.0 Å². The maximum absolute atomic E-state index is 6.24. The first-order valence-electron chi connectivity index (χ1n) is 5.57. The molecule has 0 aliphatic carbocycles. The molecule has 2 N–H and O–H groups in total. The highest BCUT2D eigenvalue weighted by Crippen LogP contribution is 2.32. The maximum Gasteiger partial charge on any atom is 0.120 e. The molecule has 1 unspecified atom stereocenters. The summed E-state index contributed by atoms with van der Waals surface area (Å²) in [6, 6.07) is 10.7. The van der Waals surface area contributed by atoms with Crippen molar-refractivity contribution in [1.82, 2.24) is 0 Å². The number of halogens is 3. The summed E-state index contributed by atoms with van der Waals surface area (Å²) >= 11 is 15.6. The van der Waals surface area contributed by atoms with Crippen LogP contribution in [0, 0.1) is 0 Å². The Morgan fingerprint density at radius 3 is 2.42 bits per heavy atom. The van der Waals surface area contributed by atoms with Gasteiger partial charge in [0.25, 0.3) is 0 Å². The molecule has 5 heteroatoms. The van der Waals surface area contributed by atoms with Gasteiger partial charge < -0.3 is 10.5 Å². The van der Waals surface area contributed by atoms with E-state index in [1.165, 1.54) is 0 Å². The first-order valence-corrected chi connectivity index (χ1v) is 7.11. The van der Waals surface area contributed by atoms with Gasteiger partial charge in [0.1, 0.15) is 5.75 Å². The Kier molecular flexibility index (Phi) is 4.74. The molecule has 0 radical (unpaired) electrons. The number of hydrogen-bond donors (Lipinski definition) is 1. The van der Waals surface area contributed by atoms with Crippen LogP contribution in [-0.2, 0) is 0 Å². The minimum Gasteiger partial charge on any atom is -0.497 e. The van der Waals surface area contributed by atoms with E-state index in [2.05, 4.69) is 15.9 Å². The monoisotopic (exact) mass is 359 g/mol. The zero-order valence-corrected chi connectivity index (χ0v) is 13.3. The molecule has 0 aliphatic heterocycles. The van der Waals surface area contributed by atoms with Crippen LogP contribution in [-0.4, -0.2) is 7.11 Å². The molecule has 0 spiro atoms. The van der Waals surface area contributed by atoms with E-state index >= 15 is 0 Å². The standard InChI is InChI=1S/C14H12BrCl2NO/c1-19-9-3-4-10(13(17)7-9)14(18)8-2-5-12(16)11(15)6-8/h2-7,14H,18H2,1H3. The predicted octanol–water partition coefficient (Wildman–Crippen LogP) is 4.81. The van der Waals surface area contributed by atoms with E-state index in [-0.39, 0.29) is 6.04 Å². The van der Waals surface area contributed by atoms with Gasteiger partial charge in [-0.1, -0.05) is 35.3 Å². The van der Waals surface area contributed by atoms with E-state index in [0.29, 0.717) is 15.8 Å². The molecule has 0 aromatic heterocycles. The van der Waals surface area contributed by atoms with Crippen molar-refractivity contribution in [3.63, 3.8) is 0 Å². The van der Waals surface area contributed by atoms with Crippen LogP contribution in [0.4, 0.5) is 0 Å². The van der Waals surface area contributed by atoms with Crippen LogP contribution >= 0.6 is 39.1 Å². The van der Waals surface area contributed by atoms with Gasteiger partial charge in [-0.15, -0.1) is 0 Å². The van der Waals surface area contributed by atoms with E-state index in [0.717, 1.165) is 15.6 Å². The summed E-state index contributed by atoms with van der Waals surface area (Å²) in [5.41, 5.74) is 8.02. The number of benzene rings is 2. The van der Waals surface area contributed by atoms with Crippen molar-refractivity contribution in [1.29, 1.82) is 0 Å². The van der Waals surface area contributed by atoms with Crippen molar-refractivity contribution >= 4 is 39.1 Å². The topological polar surface area (TPSA) is 35.2 Å². The zero-order chi connectivity index (χ0) is 14.0. The summed E-state index contributed by atoms with van der Waals surface area (Å²) in [5, 5.41) is 1.23. The van der Waals surface area contributed by atoms with Crippen LogP contribution in [0.25, 0.3) is 0 Å². The molecule has 2 aromatic rings. The molecule has 0 bridgehead atoms. The van der Waals surface area contributed by atoms with Gasteiger partial charge in [0, 0.05) is 9.50 Å². The Hall–Kier alpha value is -0.740. The van der Waals surface area contributed by atoms with Crippen molar-refractivity contribution in [3.8, 4) is 5.75 Å². The Bertz CT molecular complexity index is 604. The molecule has 2 rings (SSSR count). The SMILES string of the molecule is COc1ccc(C(N)c2ccc(Cl)c(Br)c2)c(Cl)c1. The van der Waals surface area contributed by atoms with Gasteiger partial charge in [-0.2, -0.15) is 0 Å². The minimum absolute atomic E-state index is 0.313. The lowest BCUT2D eigenvalue weighted by atomic mass is 9.99. The summed E-state index contributed by atoms with van der Waals surface area (Å²) in [5.74, 6) is 0.707. The summed E-state index contributed by atoms with van der Waals surface area (Å²) in [6.45, 7) is 0. The van der Waals surface area contributed by atoms with E-state index in [1.807, 2.05) is 24.3 Å². The number of methoxy groups -OCH3 is 1. The Morgan fingerprint density at radius 1 is 1.11 bits per heavy atom. The summed E-state index contributed by atoms with van der Waals surface area (Å²) in [4.78, 5) is 0. The van der Waals surface area contributed by atoms with Gasteiger partial charge in [0.05, 0.1) is 18.2 Å². The summed E-state index contributed by atoms with van der Waals surface area (Å²) in [7, 11) is 1.60. The van der Waals surface area contributed by atoms with E-state index < -0.39 is 0 Å². The smallest absolute Gasteiger partial charge is 0.120 e. The van der Waals surface area contributed by atoms with E-state index in [4.69, 9.17) is 33.7 Å². The third-order valence-electron chi connectivity index (χ3n) is 2.85. The number of hydrogen-bond acceptors (Lipinski definition) is 2. The Labute approximate surface area is 130 Å². The molecule has 0 heterocycles. The van der Waals surface area contributed by atoms with Crippen LogP contribution < -0.4 is 10.5 Å². The summed E-state index contributed by atoms with van der Waals surface area (Å²) < 4.78 is 5.93. The third-order valence-corrected chi connectivity index (χ3v) is 4.39. The van der Waals surface area contributed by atoms with Crippen molar-refractivity contribution in [2.75, 3.05) is 7.11 Å². The molecule has 0 saturated carbocycles. The number of ether oxygens (including phenoxy) is 1. The highest BCUT2D eigenvalue weighted by molar-refractivity contribution is 9.10.